The van der Waals surface area contributed by atoms with Crippen LogP contribution in [0.4, 0.5) is 5.82 Å². The first-order valence-corrected chi connectivity index (χ1v) is 17.7. The highest BCUT2D eigenvalue weighted by molar-refractivity contribution is 6.28. The van der Waals surface area contributed by atoms with Crippen molar-refractivity contribution in [2.24, 2.45) is 0 Å². The quantitative estimate of drug-likeness (QED) is 0.115. The predicted molar refractivity (Wildman–Crippen MR) is 193 cm³/mol. The van der Waals surface area contributed by atoms with Crippen molar-refractivity contribution >= 4 is 28.6 Å². The minimum atomic E-state index is -1.43. The lowest BCUT2D eigenvalue weighted by molar-refractivity contribution is -0.329. The van der Waals surface area contributed by atoms with E-state index in [1.807, 2.05) is 91.0 Å². The number of nitrogens with one attached hydrogen (secondary N) is 1. The van der Waals surface area contributed by atoms with Gasteiger partial charge in [-0.2, -0.15) is 9.97 Å². The zero-order valence-electron chi connectivity index (χ0n) is 28.9. The molecule has 7 rings (SSSR count). The van der Waals surface area contributed by atoms with Gasteiger partial charge in [0.1, 0.15) is 42.7 Å². The van der Waals surface area contributed by atoms with Gasteiger partial charge < -0.3 is 49.1 Å². The average Bonchev–Trinajstić information content (AvgIpc) is 3.74. The van der Waals surface area contributed by atoms with E-state index >= 15 is 0 Å². The molecule has 0 amide bonds. The molecule has 280 valence electrons. The van der Waals surface area contributed by atoms with Crippen LogP contribution in [-0.2, 0) is 48.2 Å². The fourth-order valence-electron chi connectivity index (χ4n) is 6.49. The number of hydrogen-bond donors (Lipinski definition) is 4. The van der Waals surface area contributed by atoms with Crippen LogP contribution in [0.5, 0.6) is 0 Å². The minimum Gasteiger partial charge on any atom is -0.387 e. The number of fused-ring (bicyclic) bond motifs is 1. The molecular weight excluding hydrogens is 706 g/mol. The number of nitrogens with zero attached hydrogens (tertiary/aromatic N) is 4. The summed E-state index contributed by atoms with van der Waals surface area (Å²) in [7, 11) is 1.69. The Hall–Kier alpha value is -4.06. The number of rotatable bonds is 15. The molecule has 4 heterocycles. The molecule has 15 heteroatoms. The van der Waals surface area contributed by atoms with Gasteiger partial charge in [0.25, 0.3) is 0 Å². The Balaban J connectivity index is 1.15. The van der Waals surface area contributed by atoms with Gasteiger partial charge in [-0.25, -0.2) is 4.98 Å². The van der Waals surface area contributed by atoms with E-state index in [1.54, 1.807) is 11.6 Å². The number of ether oxygens (including phenoxy) is 6. The summed E-state index contributed by atoms with van der Waals surface area (Å²) in [6.45, 7) is 0.615. The molecule has 3 aromatic carbocycles. The molecule has 0 aliphatic carbocycles. The topological polar surface area (TPSA) is 172 Å². The van der Waals surface area contributed by atoms with Gasteiger partial charge in [0.2, 0.25) is 5.28 Å². The fourth-order valence-corrected chi connectivity index (χ4v) is 6.65. The summed E-state index contributed by atoms with van der Waals surface area (Å²) in [5.74, 6) is 0.406. The van der Waals surface area contributed by atoms with E-state index < -0.39 is 55.2 Å². The number of halogens is 1. The molecule has 4 N–H and O–H groups in total. The summed E-state index contributed by atoms with van der Waals surface area (Å²) in [4.78, 5) is 13.0. The molecule has 2 aliphatic rings. The lowest BCUT2D eigenvalue weighted by Crippen LogP contribution is -2.61. The van der Waals surface area contributed by atoms with Crippen molar-refractivity contribution in [2.75, 3.05) is 25.6 Å². The molecular formula is C38H42ClN5O9. The van der Waals surface area contributed by atoms with E-state index in [4.69, 9.17) is 40.0 Å². The second kappa shape index (κ2) is 17.4. The third-order valence-electron chi connectivity index (χ3n) is 9.22. The zero-order chi connectivity index (χ0) is 36.7. The Kier molecular flexibility index (Phi) is 12.2. The molecule has 53 heavy (non-hydrogen) atoms. The third-order valence-corrected chi connectivity index (χ3v) is 9.39. The summed E-state index contributed by atoms with van der Waals surface area (Å²) < 4.78 is 39.1. The molecule has 9 atom stereocenters. The number of aromatic nitrogens is 4. The van der Waals surface area contributed by atoms with Crippen LogP contribution in [0.2, 0.25) is 5.28 Å². The van der Waals surface area contributed by atoms with Crippen LogP contribution >= 0.6 is 11.6 Å². The summed E-state index contributed by atoms with van der Waals surface area (Å²) in [5, 5.41) is 37.6. The number of anilines is 1. The van der Waals surface area contributed by atoms with E-state index in [-0.39, 0.29) is 38.3 Å². The minimum absolute atomic E-state index is 0.0197. The number of hydrogen-bond acceptors (Lipinski definition) is 13. The first-order chi connectivity index (χ1) is 25.9. The largest absolute Gasteiger partial charge is 0.387 e. The summed E-state index contributed by atoms with van der Waals surface area (Å²) in [6.07, 6.45) is -9.01. The predicted octanol–water partition coefficient (Wildman–Crippen LogP) is 3.63. The molecule has 2 saturated heterocycles. The van der Waals surface area contributed by atoms with Crippen LogP contribution in [0.15, 0.2) is 97.3 Å². The van der Waals surface area contributed by atoms with Gasteiger partial charge in [0.15, 0.2) is 29.5 Å². The van der Waals surface area contributed by atoms with E-state index in [9.17, 15) is 15.3 Å². The molecule has 0 saturated carbocycles. The maximum absolute atomic E-state index is 12.0. The van der Waals surface area contributed by atoms with Crippen molar-refractivity contribution in [3.8, 4) is 0 Å². The maximum Gasteiger partial charge on any atom is 0.226 e. The third kappa shape index (κ3) is 8.68. The first kappa shape index (κ1) is 37.3. The van der Waals surface area contributed by atoms with Crippen LogP contribution in [0.3, 0.4) is 0 Å². The Morgan fingerprint density at radius 1 is 0.717 bits per heavy atom. The standard InChI is InChI=1S/C38H42ClN5O9/c1-40-34-28-35(43-38(39)42-34)44(22-41-28)36-31(47)32(27(51-36)21-49-18-24-13-7-3-8-14-24)53-37-33(50-19-25-15-9-4-10-16-25)30(46)29(45)26(52-37)20-48-17-23-11-5-2-6-12-23/h2-16,22,26-27,29-33,36-37,45-47H,17-21H2,1H3,(H,40,42,43)/t26-,27-,29-,30+,31-,32-,33-,36-,37-/m1/s1. The van der Waals surface area contributed by atoms with Gasteiger partial charge in [-0.3, -0.25) is 4.57 Å². The molecule has 2 aliphatic heterocycles. The SMILES string of the molecule is CNc1nc(Cl)nc2c1ncn2[C@@H]1O[C@H](COCc2ccccc2)[C@@H](O[C@H]2O[C@H](COCc3ccccc3)[C@@H](O)[C@H](O)[C@H]2OCc2ccccc2)[C@H]1O. The van der Waals surface area contributed by atoms with Crippen LogP contribution in [0.25, 0.3) is 11.2 Å². The number of aliphatic hydroxyl groups is 3. The molecule has 0 bridgehead atoms. The molecule has 0 radical (unpaired) electrons. The van der Waals surface area contributed by atoms with Crippen LogP contribution < -0.4 is 5.32 Å². The van der Waals surface area contributed by atoms with Crippen molar-refractivity contribution in [3.05, 3.63) is 119 Å². The highest BCUT2D eigenvalue weighted by atomic mass is 35.5. The van der Waals surface area contributed by atoms with Gasteiger partial charge in [-0.15, -0.1) is 0 Å². The number of imidazole rings is 1. The second-order valence-corrected chi connectivity index (χ2v) is 13.2. The Morgan fingerprint density at radius 3 is 1.91 bits per heavy atom. The zero-order valence-corrected chi connectivity index (χ0v) is 29.7. The van der Waals surface area contributed by atoms with Crippen LogP contribution in [-0.4, -0.2) is 104 Å². The molecule has 2 aromatic heterocycles. The molecule has 0 unspecified atom stereocenters. The number of aliphatic hydroxyl groups excluding tert-OH is 3. The van der Waals surface area contributed by atoms with Crippen molar-refractivity contribution in [1.82, 2.24) is 19.5 Å². The summed E-state index contributed by atoms with van der Waals surface area (Å²) in [6, 6.07) is 28.6. The highest BCUT2D eigenvalue weighted by Gasteiger charge is 2.52. The molecule has 5 aromatic rings. The summed E-state index contributed by atoms with van der Waals surface area (Å²) in [5.41, 5.74) is 3.48. The maximum atomic E-state index is 12.0. The highest BCUT2D eigenvalue weighted by Crippen LogP contribution is 2.37. The van der Waals surface area contributed by atoms with E-state index in [2.05, 4.69) is 20.3 Å². The normalized spacial score (nSPS) is 27.3. The Labute approximate surface area is 311 Å². The molecule has 0 spiro atoms. The molecule has 2 fully saturated rings. The smallest absolute Gasteiger partial charge is 0.226 e. The van der Waals surface area contributed by atoms with Crippen LogP contribution in [0.1, 0.15) is 22.9 Å². The Bertz CT molecular complexity index is 1890. The van der Waals surface area contributed by atoms with Gasteiger partial charge in [0.05, 0.1) is 39.4 Å². The van der Waals surface area contributed by atoms with E-state index in [0.29, 0.717) is 17.0 Å². The second-order valence-electron chi connectivity index (χ2n) is 12.9. The molecule has 14 nitrogen and oxygen atoms in total. The van der Waals surface area contributed by atoms with E-state index in [1.165, 1.54) is 6.33 Å². The van der Waals surface area contributed by atoms with Crippen molar-refractivity contribution in [3.63, 3.8) is 0 Å². The Morgan fingerprint density at radius 2 is 1.30 bits per heavy atom. The van der Waals surface area contributed by atoms with Crippen molar-refractivity contribution in [1.29, 1.82) is 0 Å². The first-order valence-electron chi connectivity index (χ1n) is 17.4. The lowest BCUT2D eigenvalue weighted by atomic mass is 9.98. The number of benzene rings is 3. The fraction of sp³-hybridized carbons (Fsp3) is 0.395. The van der Waals surface area contributed by atoms with Gasteiger partial charge >= 0.3 is 0 Å². The van der Waals surface area contributed by atoms with Crippen molar-refractivity contribution in [2.45, 2.75) is 75.1 Å². The average molecular weight is 748 g/mol. The van der Waals surface area contributed by atoms with Gasteiger partial charge in [-0.1, -0.05) is 91.0 Å². The van der Waals surface area contributed by atoms with Crippen molar-refractivity contribution < 1.29 is 43.7 Å². The van der Waals surface area contributed by atoms with Gasteiger partial charge in [-0.05, 0) is 28.3 Å². The summed E-state index contributed by atoms with van der Waals surface area (Å²) >= 11 is 6.25. The van der Waals surface area contributed by atoms with E-state index in [0.717, 1.165) is 16.7 Å². The monoisotopic (exact) mass is 747 g/mol. The van der Waals surface area contributed by atoms with Gasteiger partial charge in [0, 0.05) is 7.05 Å². The lowest BCUT2D eigenvalue weighted by Gasteiger charge is -2.43. The van der Waals surface area contributed by atoms with Crippen LogP contribution in [0, 0.1) is 0 Å².